The van der Waals surface area contributed by atoms with Crippen molar-refractivity contribution < 1.29 is 0 Å². The first-order valence-electron chi connectivity index (χ1n) is 4.48. The molecule has 0 bridgehead atoms. The largest absolute Gasteiger partial charge is 0.386 e. The maximum absolute atomic E-state index is 5.49. The number of nitrogens with two attached hydrogens (primary N) is 2. The molecule has 0 unspecified atom stereocenters. The van der Waals surface area contributed by atoms with Gasteiger partial charge in [0.25, 0.3) is 0 Å². The second-order valence-electron chi connectivity index (χ2n) is 2.27. The van der Waals surface area contributed by atoms with Gasteiger partial charge >= 0.3 is 0 Å². The van der Waals surface area contributed by atoms with Crippen LogP contribution in [0, 0.1) is 0 Å². The van der Waals surface area contributed by atoms with Crippen molar-refractivity contribution in [3.63, 3.8) is 0 Å². The predicted octanol–water partition coefficient (Wildman–Crippen LogP) is 1.28. The van der Waals surface area contributed by atoms with Crippen molar-refractivity contribution in [3.8, 4) is 0 Å². The highest BCUT2D eigenvalue weighted by Gasteiger charge is 1.91. The minimum Gasteiger partial charge on any atom is -0.386 e. The fourth-order valence-corrected chi connectivity index (χ4v) is 0.610. The Morgan fingerprint density at radius 3 is 2.25 bits per heavy atom. The Morgan fingerprint density at radius 2 is 1.92 bits per heavy atom. The van der Waals surface area contributed by atoms with Crippen LogP contribution in [0.1, 0.15) is 40.0 Å². The van der Waals surface area contributed by atoms with E-state index in [1.54, 1.807) is 7.05 Å². The topological polar surface area (TPSA) is 67.6 Å². The third-order valence-corrected chi connectivity index (χ3v) is 1.07. The molecule has 0 aromatic rings. The summed E-state index contributed by atoms with van der Waals surface area (Å²) < 4.78 is 0. The summed E-state index contributed by atoms with van der Waals surface area (Å²) in [6.45, 7) is 6.11. The van der Waals surface area contributed by atoms with Gasteiger partial charge in [-0.1, -0.05) is 27.2 Å². The van der Waals surface area contributed by atoms with Crippen LogP contribution >= 0.6 is 0 Å². The maximum atomic E-state index is 5.49. The summed E-state index contributed by atoms with van der Waals surface area (Å²) in [5, 5.41) is 5.05. The van der Waals surface area contributed by atoms with Gasteiger partial charge in [0, 0.05) is 13.5 Å². The van der Waals surface area contributed by atoms with Gasteiger partial charge in [-0.3, -0.25) is 0 Å². The standard InChI is InChI=1S/C6H16N4.C2H6/c1-3-4-5-6(7)9-10(2)8;1-2/h3-5,8H2,1-2H3,(H2,7,9);1-2H3. The third-order valence-electron chi connectivity index (χ3n) is 1.07. The van der Waals surface area contributed by atoms with Gasteiger partial charge in [-0.2, -0.15) is 0 Å². The van der Waals surface area contributed by atoms with E-state index in [0.29, 0.717) is 5.84 Å². The van der Waals surface area contributed by atoms with Crippen LogP contribution < -0.4 is 11.6 Å². The Kier molecular flexibility index (Phi) is 11.8. The number of hydrogen-bond acceptors (Lipinski definition) is 3. The molecule has 0 aromatic carbocycles. The fourth-order valence-electron chi connectivity index (χ4n) is 0.610. The van der Waals surface area contributed by atoms with E-state index < -0.39 is 0 Å². The van der Waals surface area contributed by atoms with Crippen LogP contribution in [-0.2, 0) is 0 Å². The van der Waals surface area contributed by atoms with Gasteiger partial charge in [0.15, 0.2) is 0 Å². The molecule has 4 nitrogen and oxygen atoms in total. The molecule has 0 atom stereocenters. The van der Waals surface area contributed by atoms with Gasteiger partial charge in [-0.05, 0) is 6.42 Å². The highest BCUT2D eigenvalue weighted by molar-refractivity contribution is 5.79. The molecule has 12 heavy (non-hydrogen) atoms. The second-order valence-corrected chi connectivity index (χ2v) is 2.27. The Balaban J connectivity index is 0. The molecule has 0 amide bonds. The number of nitrogens with zero attached hydrogens (tertiary/aromatic N) is 2. The normalized spacial score (nSPS) is 10.2. The summed E-state index contributed by atoms with van der Waals surface area (Å²) in [6, 6.07) is 0. The van der Waals surface area contributed by atoms with Gasteiger partial charge < -0.3 is 5.73 Å². The lowest BCUT2D eigenvalue weighted by Gasteiger charge is -2.05. The molecular weight excluding hydrogens is 152 g/mol. The van der Waals surface area contributed by atoms with Gasteiger partial charge in [0.05, 0.1) is 0 Å². The van der Waals surface area contributed by atoms with Crippen molar-refractivity contribution >= 4 is 5.84 Å². The number of rotatable bonds is 4. The lowest BCUT2D eigenvalue weighted by molar-refractivity contribution is 0.370. The van der Waals surface area contributed by atoms with E-state index in [9.17, 15) is 0 Å². The van der Waals surface area contributed by atoms with Crippen LogP contribution in [0.15, 0.2) is 5.10 Å². The van der Waals surface area contributed by atoms with E-state index in [4.69, 9.17) is 11.6 Å². The maximum Gasteiger partial charge on any atom is 0.121 e. The molecule has 0 saturated heterocycles. The first kappa shape index (κ1) is 13.8. The average molecular weight is 174 g/mol. The summed E-state index contributed by atoms with van der Waals surface area (Å²) in [4.78, 5) is 0. The molecule has 0 aliphatic rings. The first-order chi connectivity index (χ1) is 5.66. The van der Waals surface area contributed by atoms with Crippen LogP contribution in [0.25, 0.3) is 0 Å². The van der Waals surface area contributed by atoms with Crippen LogP contribution in [0.5, 0.6) is 0 Å². The van der Waals surface area contributed by atoms with Crippen molar-refractivity contribution in [1.82, 2.24) is 5.12 Å². The van der Waals surface area contributed by atoms with Gasteiger partial charge in [0.2, 0.25) is 0 Å². The van der Waals surface area contributed by atoms with Crippen molar-refractivity contribution in [2.75, 3.05) is 7.05 Å². The van der Waals surface area contributed by atoms with Crippen molar-refractivity contribution in [2.24, 2.45) is 16.7 Å². The highest BCUT2D eigenvalue weighted by atomic mass is 15.6. The van der Waals surface area contributed by atoms with E-state index in [1.165, 1.54) is 5.12 Å². The lowest BCUT2D eigenvalue weighted by atomic mass is 10.2. The summed E-state index contributed by atoms with van der Waals surface area (Å²) in [7, 11) is 1.65. The summed E-state index contributed by atoms with van der Waals surface area (Å²) in [6.07, 6.45) is 3.03. The Morgan fingerprint density at radius 1 is 1.42 bits per heavy atom. The molecular formula is C8H22N4. The second kappa shape index (κ2) is 10.2. The number of hydrazine groups is 1. The molecule has 0 saturated carbocycles. The fraction of sp³-hybridized carbons (Fsp3) is 0.875. The molecule has 0 fully saturated rings. The number of unbranched alkanes of at least 4 members (excludes halogenated alkanes) is 1. The van der Waals surface area contributed by atoms with E-state index in [2.05, 4.69) is 12.0 Å². The SMILES string of the molecule is CC.CCCC/C(N)=N/N(C)N. The zero-order valence-electron chi connectivity index (χ0n) is 8.67. The molecule has 4 heteroatoms. The molecule has 4 N–H and O–H groups in total. The zero-order chi connectivity index (χ0) is 9.98. The average Bonchev–Trinajstić information content (AvgIpc) is 2.03. The van der Waals surface area contributed by atoms with Crippen molar-refractivity contribution in [2.45, 2.75) is 40.0 Å². The van der Waals surface area contributed by atoms with Crippen molar-refractivity contribution in [1.29, 1.82) is 0 Å². The molecule has 0 spiro atoms. The van der Waals surface area contributed by atoms with Gasteiger partial charge in [-0.25, -0.2) is 11.0 Å². The minimum absolute atomic E-state index is 0.604. The Labute approximate surface area is 75.6 Å². The number of amidine groups is 1. The van der Waals surface area contributed by atoms with Crippen LogP contribution in [0.2, 0.25) is 0 Å². The molecule has 74 valence electrons. The molecule has 0 aliphatic carbocycles. The Hall–Kier alpha value is -0.770. The van der Waals surface area contributed by atoms with E-state index >= 15 is 0 Å². The van der Waals surface area contributed by atoms with Gasteiger partial charge in [-0.15, -0.1) is 5.10 Å². The smallest absolute Gasteiger partial charge is 0.121 e. The molecule has 0 heterocycles. The molecule has 0 radical (unpaired) electrons. The highest BCUT2D eigenvalue weighted by Crippen LogP contribution is 1.93. The van der Waals surface area contributed by atoms with Crippen LogP contribution in [-0.4, -0.2) is 18.0 Å². The predicted molar refractivity (Wildman–Crippen MR) is 54.4 cm³/mol. The summed E-state index contributed by atoms with van der Waals surface area (Å²) >= 11 is 0. The third kappa shape index (κ3) is 12.0. The quantitative estimate of drug-likeness (QED) is 0.292. The van der Waals surface area contributed by atoms with E-state index in [-0.39, 0.29) is 0 Å². The van der Waals surface area contributed by atoms with E-state index in [0.717, 1.165) is 19.3 Å². The molecule has 0 aliphatic heterocycles. The minimum atomic E-state index is 0.604. The zero-order valence-corrected chi connectivity index (χ0v) is 8.67. The summed E-state index contributed by atoms with van der Waals surface area (Å²) in [5.74, 6) is 5.83. The van der Waals surface area contributed by atoms with Crippen LogP contribution in [0.3, 0.4) is 0 Å². The number of hydrogen-bond donors (Lipinski definition) is 2. The monoisotopic (exact) mass is 174 g/mol. The molecule has 0 rings (SSSR count). The molecule has 0 aromatic heterocycles. The van der Waals surface area contributed by atoms with Crippen molar-refractivity contribution in [3.05, 3.63) is 0 Å². The number of hydrazone groups is 1. The lowest BCUT2D eigenvalue weighted by Crippen LogP contribution is -2.24. The first-order valence-corrected chi connectivity index (χ1v) is 4.48. The van der Waals surface area contributed by atoms with Gasteiger partial charge in [0.1, 0.15) is 5.84 Å². The Bertz CT molecular complexity index is 110. The van der Waals surface area contributed by atoms with Crippen LogP contribution in [0.4, 0.5) is 0 Å². The summed E-state index contributed by atoms with van der Waals surface area (Å²) in [5.41, 5.74) is 5.49. The van der Waals surface area contributed by atoms with E-state index in [1.807, 2.05) is 13.8 Å².